The van der Waals surface area contributed by atoms with E-state index in [1.165, 1.54) is 11.8 Å². The van der Waals surface area contributed by atoms with Crippen molar-refractivity contribution in [3.63, 3.8) is 0 Å². The zero-order valence-electron chi connectivity index (χ0n) is 18.5. The van der Waals surface area contributed by atoms with Crippen molar-refractivity contribution < 1.29 is 9.15 Å². The fourth-order valence-electron chi connectivity index (χ4n) is 4.83. The van der Waals surface area contributed by atoms with Gasteiger partial charge in [0.2, 0.25) is 0 Å². The van der Waals surface area contributed by atoms with E-state index >= 15 is 0 Å². The van der Waals surface area contributed by atoms with E-state index in [0.29, 0.717) is 22.3 Å². The Hall–Kier alpha value is -3.01. The number of fused-ring (bicyclic) bond motifs is 2. The van der Waals surface area contributed by atoms with Gasteiger partial charge in [0, 0.05) is 55.7 Å². The summed E-state index contributed by atoms with van der Waals surface area (Å²) in [7, 11) is 0. The monoisotopic (exact) mass is 494 g/mol. The highest BCUT2D eigenvalue weighted by atomic mass is 35.5. The van der Waals surface area contributed by atoms with Gasteiger partial charge in [-0.15, -0.1) is 0 Å². The third-order valence-electron chi connectivity index (χ3n) is 6.62. The van der Waals surface area contributed by atoms with Crippen molar-refractivity contribution in [2.45, 2.75) is 41.2 Å². The minimum Gasteiger partial charge on any atom is -0.485 e. The summed E-state index contributed by atoms with van der Waals surface area (Å²) in [6.07, 6.45) is 5.03. The van der Waals surface area contributed by atoms with Gasteiger partial charge < -0.3 is 25.5 Å². The summed E-state index contributed by atoms with van der Waals surface area (Å²) in [6, 6.07) is 9.74. The molecule has 0 radical (unpaired) electrons. The number of oxazole rings is 1. The smallest absolute Gasteiger partial charge is 0.198 e. The van der Waals surface area contributed by atoms with Crippen molar-refractivity contribution in [1.82, 2.24) is 15.0 Å². The summed E-state index contributed by atoms with van der Waals surface area (Å²) < 4.78 is 12.4. The van der Waals surface area contributed by atoms with E-state index in [2.05, 4.69) is 20.9 Å². The minimum atomic E-state index is -0.384. The molecule has 1 fully saturated rings. The number of hydrogen-bond acceptors (Lipinski definition) is 9. The van der Waals surface area contributed by atoms with Gasteiger partial charge in [0.1, 0.15) is 22.7 Å². The van der Waals surface area contributed by atoms with Gasteiger partial charge in [0.05, 0.1) is 16.0 Å². The van der Waals surface area contributed by atoms with Crippen LogP contribution in [0.3, 0.4) is 0 Å². The number of anilines is 2. The Kier molecular flexibility index (Phi) is 5.09. The van der Waals surface area contributed by atoms with E-state index in [9.17, 15) is 0 Å². The van der Waals surface area contributed by atoms with Crippen molar-refractivity contribution >= 4 is 46.1 Å². The maximum absolute atomic E-state index is 6.64. The summed E-state index contributed by atoms with van der Waals surface area (Å²) >= 11 is 7.80. The molecule has 0 aliphatic carbocycles. The Balaban J connectivity index is 1.28. The molecular formula is C24H23ClN6O2S. The number of hydrogen-bond donors (Lipinski definition) is 2. The molecule has 1 aromatic carbocycles. The van der Waals surface area contributed by atoms with Crippen LogP contribution in [0.25, 0.3) is 11.1 Å². The Labute approximate surface area is 205 Å². The Bertz CT molecular complexity index is 1400. The number of rotatable bonds is 3. The highest BCUT2D eigenvalue weighted by molar-refractivity contribution is 7.99. The second-order valence-electron chi connectivity index (χ2n) is 8.64. The Morgan fingerprint density at radius 1 is 1.15 bits per heavy atom. The molecule has 8 nitrogen and oxygen atoms in total. The molecule has 0 amide bonds. The maximum atomic E-state index is 6.64. The minimum absolute atomic E-state index is 0.136. The average molecular weight is 495 g/mol. The number of aromatic nitrogens is 3. The van der Waals surface area contributed by atoms with E-state index in [1.54, 1.807) is 6.20 Å². The number of aryl methyl sites for hydroxylation is 1. The summed E-state index contributed by atoms with van der Waals surface area (Å²) in [4.78, 5) is 17.3. The zero-order valence-corrected chi connectivity index (χ0v) is 20.1. The molecule has 6 rings (SSSR count). The first-order valence-corrected chi connectivity index (χ1v) is 12.3. The fraction of sp³-hybridized carbons (Fsp3) is 0.292. The predicted octanol–water partition coefficient (Wildman–Crippen LogP) is 4.74. The van der Waals surface area contributed by atoms with Gasteiger partial charge in [-0.25, -0.2) is 15.0 Å². The second kappa shape index (κ2) is 8.04. The van der Waals surface area contributed by atoms with Gasteiger partial charge in [-0.05, 0) is 12.1 Å². The van der Waals surface area contributed by atoms with Gasteiger partial charge in [0.25, 0.3) is 0 Å². The van der Waals surface area contributed by atoms with Crippen LogP contribution in [0.4, 0.5) is 11.6 Å². The molecule has 5 heterocycles. The molecule has 3 aromatic heterocycles. The first kappa shape index (κ1) is 21.5. The number of nitrogens with zero attached hydrogens (tertiary/aromatic N) is 4. The van der Waals surface area contributed by atoms with Crippen LogP contribution in [-0.4, -0.2) is 33.6 Å². The number of nitrogen functional groups attached to an aromatic ring is 1. The van der Waals surface area contributed by atoms with E-state index in [-0.39, 0.29) is 11.6 Å². The van der Waals surface area contributed by atoms with Gasteiger partial charge in [-0.1, -0.05) is 41.6 Å². The van der Waals surface area contributed by atoms with Crippen molar-refractivity contribution in [3.8, 4) is 5.75 Å². The van der Waals surface area contributed by atoms with Crippen LogP contribution in [0.5, 0.6) is 5.75 Å². The third kappa shape index (κ3) is 3.38. The molecule has 174 valence electrons. The molecule has 1 atom stereocenters. The topological polar surface area (TPSA) is 116 Å². The number of ether oxygens (including phenoxy) is 1. The molecule has 2 aliphatic rings. The molecule has 1 saturated heterocycles. The third-order valence-corrected chi connectivity index (χ3v) is 8.21. The standard InChI is InChI=1S/C24H23ClN6O2S/c1-13-30-19-17(34-16-6-9-28-22(27)18(16)25)12-29-23(20(19)32-13)31-10-7-24(8-11-31)21(26)14-4-2-3-5-15(14)33-24/h2-6,9,12,21H,7-8,10-11,26H2,1H3,(H2,27,28)/t21-/m1/s1. The Morgan fingerprint density at radius 3 is 2.74 bits per heavy atom. The van der Waals surface area contributed by atoms with E-state index in [0.717, 1.165) is 58.4 Å². The number of piperidine rings is 1. The normalized spacial score (nSPS) is 18.9. The quantitative estimate of drug-likeness (QED) is 0.416. The van der Waals surface area contributed by atoms with Crippen LogP contribution in [-0.2, 0) is 0 Å². The first-order chi connectivity index (χ1) is 16.4. The summed E-state index contributed by atoms with van der Waals surface area (Å²) in [5.41, 5.74) is 14.6. The van der Waals surface area contributed by atoms with E-state index < -0.39 is 0 Å². The van der Waals surface area contributed by atoms with Crippen molar-refractivity contribution in [2.24, 2.45) is 5.73 Å². The molecule has 4 N–H and O–H groups in total. The molecule has 1 spiro atoms. The van der Waals surface area contributed by atoms with Gasteiger partial charge >= 0.3 is 0 Å². The second-order valence-corrected chi connectivity index (χ2v) is 10.1. The van der Waals surface area contributed by atoms with E-state index in [1.807, 2.05) is 37.4 Å². The predicted molar refractivity (Wildman–Crippen MR) is 132 cm³/mol. The van der Waals surface area contributed by atoms with Crippen molar-refractivity contribution in [3.05, 3.63) is 59.2 Å². The molecule has 34 heavy (non-hydrogen) atoms. The molecule has 0 saturated carbocycles. The van der Waals surface area contributed by atoms with Crippen LogP contribution >= 0.6 is 23.4 Å². The maximum Gasteiger partial charge on any atom is 0.198 e. The van der Waals surface area contributed by atoms with Crippen LogP contribution in [0.1, 0.15) is 30.3 Å². The summed E-state index contributed by atoms with van der Waals surface area (Å²) in [5, 5.41) is 0.417. The van der Waals surface area contributed by atoms with Crippen LogP contribution < -0.4 is 21.1 Å². The van der Waals surface area contributed by atoms with Gasteiger partial charge in [-0.2, -0.15) is 0 Å². The lowest BCUT2D eigenvalue weighted by atomic mass is 9.83. The molecule has 0 unspecified atom stereocenters. The molecule has 4 aromatic rings. The number of nitrogens with two attached hydrogens (primary N) is 2. The number of pyridine rings is 2. The number of halogens is 1. The highest BCUT2D eigenvalue weighted by Gasteiger charge is 2.48. The molecular weight excluding hydrogens is 472 g/mol. The SMILES string of the molecule is Cc1nc2c(Sc3ccnc(N)c3Cl)cnc(N3CCC4(CC3)Oc3ccccc3[C@H]4N)c2o1. The fourth-order valence-corrected chi connectivity index (χ4v) is 5.96. The van der Waals surface area contributed by atoms with Crippen molar-refractivity contribution in [1.29, 1.82) is 0 Å². The number of benzene rings is 1. The zero-order chi connectivity index (χ0) is 23.4. The summed E-state index contributed by atoms with van der Waals surface area (Å²) in [6.45, 7) is 3.34. The van der Waals surface area contributed by atoms with Crippen molar-refractivity contribution in [2.75, 3.05) is 23.7 Å². The lowest BCUT2D eigenvalue weighted by Gasteiger charge is -2.41. The molecule has 0 bridgehead atoms. The van der Waals surface area contributed by atoms with Gasteiger partial charge in [-0.3, -0.25) is 0 Å². The first-order valence-electron chi connectivity index (χ1n) is 11.1. The van der Waals surface area contributed by atoms with Gasteiger partial charge in [0.15, 0.2) is 17.3 Å². The molecule has 10 heteroatoms. The van der Waals surface area contributed by atoms with Crippen LogP contribution in [0, 0.1) is 6.92 Å². The Morgan fingerprint density at radius 2 is 1.94 bits per heavy atom. The highest BCUT2D eigenvalue weighted by Crippen LogP contribution is 2.48. The lowest BCUT2D eigenvalue weighted by molar-refractivity contribution is 0.0431. The van der Waals surface area contributed by atoms with E-state index in [4.69, 9.17) is 37.2 Å². The average Bonchev–Trinajstić information content (AvgIpc) is 3.36. The van der Waals surface area contributed by atoms with Crippen LogP contribution in [0.15, 0.2) is 56.9 Å². The number of para-hydroxylation sites is 1. The molecule has 2 aliphatic heterocycles. The summed E-state index contributed by atoms with van der Waals surface area (Å²) in [5.74, 6) is 2.54. The lowest BCUT2D eigenvalue weighted by Crippen LogP contribution is -2.51. The largest absolute Gasteiger partial charge is 0.485 e. The van der Waals surface area contributed by atoms with Crippen LogP contribution in [0.2, 0.25) is 5.02 Å².